The third kappa shape index (κ3) is 2.81. The molecule has 0 saturated heterocycles. The lowest BCUT2D eigenvalue weighted by Crippen LogP contribution is -2.35. The van der Waals surface area contributed by atoms with Gasteiger partial charge in [-0.05, 0) is 34.8 Å². The van der Waals surface area contributed by atoms with Gasteiger partial charge in [-0.15, -0.1) is 0 Å². The highest BCUT2D eigenvalue weighted by molar-refractivity contribution is 9.10. The maximum absolute atomic E-state index is 13.9. The smallest absolute Gasteiger partial charge is 0.148 e. The minimum absolute atomic E-state index is 0.0180. The fourth-order valence-corrected chi connectivity index (χ4v) is 2.16. The third-order valence-electron chi connectivity index (χ3n) is 3.09. The summed E-state index contributed by atoms with van der Waals surface area (Å²) in [7, 11) is 0. The highest BCUT2D eigenvalue weighted by atomic mass is 79.9. The molecule has 0 bridgehead atoms. The van der Waals surface area contributed by atoms with Crippen LogP contribution in [0.1, 0.15) is 38.4 Å². The van der Waals surface area contributed by atoms with Crippen LogP contribution in [0.2, 0.25) is 5.02 Å². The maximum Gasteiger partial charge on any atom is 0.148 e. The summed E-state index contributed by atoms with van der Waals surface area (Å²) < 4.78 is 14.3. The van der Waals surface area contributed by atoms with Gasteiger partial charge in [0.25, 0.3) is 0 Å². The molecular weight excluding hydrogens is 310 g/mol. The quantitative estimate of drug-likeness (QED) is 0.826. The largest absolute Gasteiger partial charge is 0.387 e. The van der Waals surface area contributed by atoms with E-state index in [1.807, 2.05) is 0 Å². The standard InChI is InChI=1S/C12H15BrClFO2/c1-3-12(17,4-2)11(16)7-5-6-8(13)9(14)10(7)15/h5-6,11,16-17H,3-4H2,1-2H3. The van der Waals surface area contributed by atoms with Gasteiger partial charge in [0.1, 0.15) is 11.9 Å². The summed E-state index contributed by atoms with van der Waals surface area (Å²) in [6, 6.07) is 2.97. The molecule has 0 aromatic heterocycles. The second kappa shape index (κ2) is 5.65. The lowest BCUT2D eigenvalue weighted by molar-refractivity contribution is -0.0834. The predicted molar refractivity (Wildman–Crippen MR) is 69.6 cm³/mol. The lowest BCUT2D eigenvalue weighted by Gasteiger charge is -2.31. The van der Waals surface area contributed by atoms with Crippen LogP contribution in [0.5, 0.6) is 0 Å². The van der Waals surface area contributed by atoms with Crippen molar-refractivity contribution >= 4 is 27.5 Å². The van der Waals surface area contributed by atoms with Gasteiger partial charge < -0.3 is 10.2 Å². The highest BCUT2D eigenvalue weighted by Crippen LogP contribution is 2.36. The summed E-state index contributed by atoms with van der Waals surface area (Å²) in [6.45, 7) is 3.48. The molecule has 0 aliphatic heterocycles. The molecule has 1 aromatic rings. The molecular formula is C12H15BrClFO2. The molecule has 0 radical (unpaired) electrons. The first kappa shape index (κ1) is 14.9. The fourth-order valence-electron chi connectivity index (χ4n) is 1.68. The second-order valence-electron chi connectivity index (χ2n) is 3.98. The summed E-state index contributed by atoms with van der Waals surface area (Å²) in [4.78, 5) is 0. The Morgan fingerprint density at radius 3 is 2.41 bits per heavy atom. The van der Waals surface area contributed by atoms with Crippen LogP contribution in [-0.4, -0.2) is 15.8 Å². The Hall–Kier alpha value is -0.160. The number of hydrogen-bond donors (Lipinski definition) is 2. The molecule has 0 amide bonds. The Bertz CT molecular complexity index is 408. The van der Waals surface area contributed by atoms with Crippen molar-refractivity contribution in [2.75, 3.05) is 0 Å². The van der Waals surface area contributed by atoms with Gasteiger partial charge in [0.2, 0.25) is 0 Å². The van der Waals surface area contributed by atoms with Gasteiger partial charge in [-0.25, -0.2) is 4.39 Å². The molecule has 96 valence electrons. The Morgan fingerprint density at radius 2 is 1.94 bits per heavy atom. The first-order valence-electron chi connectivity index (χ1n) is 5.41. The molecule has 1 atom stereocenters. The van der Waals surface area contributed by atoms with E-state index in [0.717, 1.165) is 0 Å². The number of benzene rings is 1. The number of aliphatic hydroxyl groups is 2. The van der Waals surface area contributed by atoms with E-state index in [0.29, 0.717) is 17.3 Å². The molecule has 1 unspecified atom stereocenters. The van der Waals surface area contributed by atoms with Gasteiger partial charge in [-0.1, -0.05) is 31.5 Å². The van der Waals surface area contributed by atoms with E-state index in [2.05, 4.69) is 15.9 Å². The number of halogens is 3. The number of hydrogen-bond acceptors (Lipinski definition) is 2. The van der Waals surface area contributed by atoms with Crippen LogP contribution < -0.4 is 0 Å². The summed E-state index contributed by atoms with van der Waals surface area (Å²) in [5, 5.41) is 20.1. The Kier molecular flexibility index (Phi) is 4.95. The van der Waals surface area contributed by atoms with Crippen LogP contribution in [0.15, 0.2) is 16.6 Å². The Labute approximate surface area is 114 Å². The first-order chi connectivity index (χ1) is 7.87. The van der Waals surface area contributed by atoms with Crippen molar-refractivity contribution in [3.05, 3.63) is 33.0 Å². The van der Waals surface area contributed by atoms with Gasteiger partial charge in [0.05, 0.1) is 10.6 Å². The van der Waals surface area contributed by atoms with E-state index < -0.39 is 17.5 Å². The summed E-state index contributed by atoms with van der Waals surface area (Å²) in [5.74, 6) is -0.700. The fraction of sp³-hybridized carbons (Fsp3) is 0.500. The van der Waals surface area contributed by atoms with Crippen molar-refractivity contribution in [1.82, 2.24) is 0 Å². The SMILES string of the molecule is CCC(O)(CC)C(O)c1ccc(Br)c(Cl)c1F. The maximum atomic E-state index is 13.9. The predicted octanol–water partition coefficient (Wildman–Crippen LogP) is 3.83. The van der Waals surface area contributed by atoms with Crippen LogP contribution >= 0.6 is 27.5 Å². The third-order valence-corrected chi connectivity index (χ3v) is 4.35. The number of rotatable bonds is 4. The van der Waals surface area contributed by atoms with Crippen molar-refractivity contribution in [2.24, 2.45) is 0 Å². The lowest BCUT2D eigenvalue weighted by atomic mass is 9.86. The van der Waals surface area contributed by atoms with E-state index in [1.165, 1.54) is 6.07 Å². The molecule has 1 aromatic carbocycles. The van der Waals surface area contributed by atoms with Crippen molar-refractivity contribution in [1.29, 1.82) is 0 Å². The average molecular weight is 326 g/mol. The first-order valence-corrected chi connectivity index (χ1v) is 6.58. The van der Waals surface area contributed by atoms with Gasteiger partial charge in [-0.3, -0.25) is 0 Å². The summed E-state index contributed by atoms with van der Waals surface area (Å²) in [6.07, 6.45) is -0.627. The van der Waals surface area contributed by atoms with Crippen molar-refractivity contribution in [2.45, 2.75) is 38.4 Å². The molecule has 1 rings (SSSR count). The van der Waals surface area contributed by atoms with Crippen LogP contribution in [-0.2, 0) is 0 Å². The van der Waals surface area contributed by atoms with Crippen LogP contribution in [0.25, 0.3) is 0 Å². The summed E-state index contributed by atoms with van der Waals surface area (Å²) in [5.41, 5.74) is -1.32. The molecule has 0 aliphatic carbocycles. The van der Waals surface area contributed by atoms with Crippen molar-refractivity contribution < 1.29 is 14.6 Å². The summed E-state index contributed by atoms with van der Waals surface area (Å²) >= 11 is 8.85. The second-order valence-corrected chi connectivity index (χ2v) is 5.21. The zero-order valence-corrected chi connectivity index (χ0v) is 12.0. The number of aliphatic hydroxyl groups excluding tert-OH is 1. The van der Waals surface area contributed by atoms with Crippen LogP contribution in [0.3, 0.4) is 0 Å². The van der Waals surface area contributed by atoms with E-state index in [1.54, 1.807) is 19.9 Å². The van der Waals surface area contributed by atoms with Crippen LogP contribution in [0, 0.1) is 5.82 Å². The normalized spacial score (nSPS) is 13.8. The molecule has 0 fully saturated rings. The average Bonchev–Trinajstić information content (AvgIpc) is 2.34. The van der Waals surface area contributed by atoms with Gasteiger partial charge in [0, 0.05) is 10.0 Å². The van der Waals surface area contributed by atoms with Gasteiger partial charge in [-0.2, -0.15) is 0 Å². The van der Waals surface area contributed by atoms with Gasteiger partial charge >= 0.3 is 0 Å². The van der Waals surface area contributed by atoms with Crippen molar-refractivity contribution in [3.8, 4) is 0 Å². The van der Waals surface area contributed by atoms with E-state index in [-0.39, 0.29) is 10.6 Å². The van der Waals surface area contributed by atoms with Crippen LogP contribution in [0.4, 0.5) is 4.39 Å². The van der Waals surface area contributed by atoms with Gasteiger partial charge in [0.15, 0.2) is 0 Å². The molecule has 5 heteroatoms. The molecule has 0 saturated carbocycles. The Balaban J connectivity index is 3.21. The monoisotopic (exact) mass is 324 g/mol. The molecule has 17 heavy (non-hydrogen) atoms. The van der Waals surface area contributed by atoms with Crippen molar-refractivity contribution in [3.63, 3.8) is 0 Å². The minimum Gasteiger partial charge on any atom is -0.387 e. The topological polar surface area (TPSA) is 40.5 Å². The van der Waals surface area contributed by atoms with E-state index in [4.69, 9.17) is 11.6 Å². The molecule has 0 aliphatic rings. The highest BCUT2D eigenvalue weighted by Gasteiger charge is 2.35. The molecule has 2 N–H and O–H groups in total. The molecule has 0 spiro atoms. The zero-order valence-electron chi connectivity index (χ0n) is 9.67. The minimum atomic E-state index is -1.34. The van der Waals surface area contributed by atoms with E-state index >= 15 is 0 Å². The Morgan fingerprint density at radius 1 is 1.41 bits per heavy atom. The molecule has 0 heterocycles. The molecule has 2 nitrogen and oxygen atoms in total. The van der Waals surface area contributed by atoms with E-state index in [9.17, 15) is 14.6 Å². The zero-order chi connectivity index (χ0) is 13.2.